The van der Waals surface area contributed by atoms with Crippen LogP contribution < -0.4 is 11.1 Å². The second-order valence-corrected chi connectivity index (χ2v) is 3.77. The van der Waals surface area contributed by atoms with Crippen LogP contribution in [0.25, 0.3) is 0 Å². The van der Waals surface area contributed by atoms with E-state index in [0.29, 0.717) is 11.6 Å². The molecule has 0 bridgehead atoms. The van der Waals surface area contributed by atoms with Crippen molar-refractivity contribution >= 4 is 23.1 Å². The first-order chi connectivity index (χ1) is 6.72. The van der Waals surface area contributed by atoms with E-state index in [2.05, 4.69) is 5.32 Å². The van der Waals surface area contributed by atoms with E-state index < -0.39 is 0 Å². The molecule has 0 aliphatic carbocycles. The average Bonchev–Trinajstić information content (AvgIpc) is 2.59. The highest BCUT2D eigenvalue weighted by molar-refractivity contribution is 6.30. The topological polar surface area (TPSA) is 55.1 Å². The smallest absolute Gasteiger partial charge is 0.155 e. The van der Waals surface area contributed by atoms with Gasteiger partial charge in [-0.25, -0.2) is 0 Å². The number of anilines is 1. The molecule has 1 aromatic carbocycles. The number of carbonyl (C=O) groups excluding carboxylic acids is 1. The van der Waals surface area contributed by atoms with E-state index in [-0.39, 0.29) is 18.2 Å². The molecule has 1 unspecified atom stereocenters. The van der Waals surface area contributed by atoms with Gasteiger partial charge in [-0.15, -0.1) is 0 Å². The Morgan fingerprint density at radius 2 is 2.43 bits per heavy atom. The van der Waals surface area contributed by atoms with Gasteiger partial charge in [-0.1, -0.05) is 11.6 Å². The second kappa shape index (κ2) is 3.59. The molecule has 1 atom stereocenters. The lowest BCUT2D eigenvalue weighted by Crippen LogP contribution is -2.22. The third-order valence-corrected chi connectivity index (χ3v) is 2.71. The monoisotopic (exact) mass is 210 g/mol. The van der Waals surface area contributed by atoms with E-state index in [1.165, 1.54) is 0 Å². The van der Waals surface area contributed by atoms with Crippen molar-refractivity contribution in [3.63, 3.8) is 0 Å². The van der Waals surface area contributed by atoms with Crippen LogP contribution in [0.3, 0.4) is 0 Å². The van der Waals surface area contributed by atoms with Crippen LogP contribution >= 0.6 is 11.6 Å². The molecule has 1 aliphatic heterocycles. The van der Waals surface area contributed by atoms with Crippen LogP contribution in [-0.4, -0.2) is 18.9 Å². The fourth-order valence-electron chi connectivity index (χ4n) is 1.73. The third-order valence-electron chi connectivity index (χ3n) is 2.48. The van der Waals surface area contributed by atoms with Gasteiger partial charge in [-0.05, 0) is 23.8 Å². The highest BCUT2D eigenvalue weighted by Crippen LogP contribution is 2.33. The van der Waals surface area contributed by atoms with Crippen LogP contribution in [0.5, 0.6) is 0 Å². The molecule has 3 nitrogen and oxygen atoms in total. The zero-order valence-corrected chi connectivity index (χ0v) is 8.34. The molecule has 74 valence electrons. The lowest BCUT2D eigenvalue weighted by atomic mass is 9.97. The van der Waals surface area contributed by atoms with Gasteiger partial charge in [0.15, 0.2) is 5.78 Å². The number of hydrogen-bond acceptors (Lipinski definition) is 3. The van der Waals surface area contributed by atoms with Crippen LogP contribution in [0.1, 0.15) is 11.5 Å². The Hall–Kier alpha value is -1.06. The quantitative estimate of drug-likeness (QED) is 0.776. The molecule has 0 spiro atoms. The van der Waals surface area contributed by atoms with Gasteiger partial charge in [0.25, 0.3) is 0 Å². The standard InChI is InChI=1S/C10H11ClN2O/c11-6-1-2-9-7(3-6)8(5-13-9)10(14)4-12/h1-3,8,13H,4-5,12H2. The molecule has 0 amide bonds. The zero-order chi connectivity index (χ0) is 10.1. The summed E-state index contributed by atoms with van der Waals surface area (Å²) in [6.07, 6.45) is 0. The summed E-state index contributed by atoms with van der Waals surface area (Å²) < 4.78 is 0. The predicted molar refractivity (Wildman–Crippen MR) is 56.7 cm³/mol. The number of nitrogens with two attached hydrogens (primary N) is 1. The molecule has 1 heterocycles. The van der Waals surface area contributed by atoms with Crippen molar-refractivity contribution < 1.29 is 4.79 Å². The summed E-state index contributed by atoms with van der Waals surface area (Å²) in [7, 11) is 0. The van der Waals surface area contributed by atoms with Crippen molar-refractivity contribution in [1.82, 2.24) is 0 Å². The van der Waals surface area contributed by atoms with Crippen LogP contribution in [0.2, 0.25) is 5.02 Å². The highest BCUT2D eigenvalue weighted by atomic mass is 35.5. The van der Waals surface area contributed by atoms with Crippen molar-refractivity contribution in [3.05, 3.63) is 28.8 Å². The molecule has 3 N–H and O–H groups in total. The fourth-order valence-corrected chi connectivity index (χ4v) is 1.91. The number of fused-ring (bicyclic) bond motifs is 1. The first-order valence-electron chi connectivity index (χ1n) is 4.48. The summed E-state index contributed by atoms with van der Waals surface area (Å²) in [6.45, 7) is 0.712. The molecule has 0 radical (unpaired) electrons. The number of hydrogen-bond donors (Lipinski definition) is 2. The van der Waals surface area contributed by atoms with Gasteiger partial charge in [-0.2, -0.15) is 0 Å². The minimum atomic E-state index is -0.131. The molecule has 4 heteroatoms. The number of carbonyl (C=O) groups is 1. The number of rotatable bonds is 2. The Bertz CT molecular complexity index is 378. The average molecular weight is 211 g/mol. The zero-order valence-electron chi connectivity index (χ0n) is 7.59. The molecular weight excluding hydrogens is 200 g/mol. The summed E-state index contributed by atoms with van der Waals surface area (Å²) in [4.78, 5) is 11.5. The molecule has 1 aromatic rings. The van der Waals surface area contributed by atoms with Crippen LogP contribution in [-0.2, 0) is 4.79 Å². The summed E-state index contributed by atoms with van der Waals surface area (Å²) in [6, 6.07) is 5.53. The number of Topliss-reactive ketones (excluding diaryl/α,β-unsaturated/α-hetero) is 1. The fraction of sp³-hybridized carbons (Fsp3) is 0.300. The van der Waals surface area contributed by atoms with Crippen LogP contribution in [0.4, 0.5) is 5.69 Å². The Kier molecular flexibility index (Phi) is 2.44. The molecule has 0 saturated heterocycles. The second-order valence-electron chi connectivity index (χ2n) is 3.34. The van der Waals surface area contributed by atoms with Gasteiger partial charge < -0.3 is 11.1 Å². The van der Waals surface area contributed by atoms with Gasteiger partial charge >= 0.3 is 0 Å². The minimum Gasteiger partial charge on any atom is -0.384 e. The first-order valence-corrected chi connectivity index (χ1v) is 4.86. The van der Waals surface area contributed by atoms with Gasteiger partial charge in [0.1, 0.15) is 0 Å². The van der Waals surface area contributed by atoms with E-state index >= 15 is 0 Å². The van der Waals surface area contributed by atoms with E-state index in [1.54, 1.807) is 0 Å². The maximum atomic E-state index is 11.5. The van der Waals surface area contributed by atoms with E-state index in [9.17, 15) is 4.79 Å². The van der Waals surface area contributed by atoms with E-state index in [1.807, 2.05) is 18.2 Å². The molecular formula is C10H11ClN2O. The van der Waals surface area contributed by atoms with Crippen molar-refractivity contribution in [1.29, 1.82) is 0 Å². The molecule has 0 fully saturated rings. The summed E-state index contributed by atoms with van der Waals surface area (Å²) in [5.74, 6) is -0.0767. The van der Waals surface area contributed by atoms with Crippen molar-refractivity contribution in [2.45, 2.75) is 5.92 Å². The number of halogens is 1. The summed E-state index contributed by atoms with van der Waals surface area (Å²) >= 11 is 5.87. The third kappa shape index (κ3) is 1.49. The van der Waals surface area contributed by atoms with Crippen LogP contribution in [0, 0.1) is 0 Å². The molecule has 0 aromatic heterocycles. The van der Waals surface area contributed by atoms with Crippen molar-refractivity contribution in [2.24, 2.45) is 5.73 Å². The maximum Gasteiger partial charge on any atom is 0.155 e. The van der Waals surface area contributed by atoms with Crippen molar-refractivity contribution in [3.8, 4) is 0 Å². The molecule has 1 aliphatic rings. The van der Waals surface area contributed by atoms with Gasteiger partial charge in [-0.3, -0.25) is 4.79 Å². The predicted octanol–water partition coefficient (Wildman–Crippen LogP) is 1.38. The van der Waals surface area contributed by atoms with E-state index in [4.69, 9.17) is 17.3 Å². The van der Waals surface area contributed by atoms with Gasteiger partial charge in [0.2, 0.25) is 0 Å². The summed E-state index contributed by atoms with van der Waals surface area (Å²) in [5, 5.41) is 3.81. The SMILES string of the molecule is NCC(=O)C1CNc2ccc(Cl)cc21. The maximum absolute atomic E-state index is 11.5. The lowest BCUT2D eigenvalue weighted by molar-refractivity contribution is -0.118. The van der Waals surface area contributed by atoms with E-state index in [0.717, 1.165) is 11.3 Å². The summed E-state index contributed by atoms with van der Waals surface area (Å²) in [5.41, 5.74) is 7.29. The van der Waals surface area contributed by atoms with Gasteiger partial charge in [0, 0.05) is 17.3 Å². The number of nitrogens with one attached hydrogen (secondary N) is 1. The first kappa shape index (κ1) is 9.49. The number of ketones is 1. The lowest BCUT2D eigenvalue weighted by Gasteiger charge is -2.06. The normalized spacial score (nSPS) is 18.9. The largest absolute Gasteiger partial charge is 0.384 e. The molecule has 2 rings (SSSR count). The Labute approximate surface area is 87.2 Å². The minimum absolute atomic E-state index is 0.0542. The van der Waals surface area contributed by atoms with Crippen LogP contribution in [0.15, 0.2) is 18.2 Å². The number of benzene rings is 1. The van der Waals surface area contributed by atoms with Gasteiger partial charge in [0.05, 0.1) is 12.5 Å². The molecule has 14 heavy (non-hydrogen) atoms. The Balaban J connectivity index is 2.38. The Morgan fingerprint density at radius 1 is 1.64 bits per heavy atom. The molecule has 0 saturated carbocycles. The Morgan fingerprint density at radius 3 is 3.14 bits per heavy atom. The highest BCUT2D eigenvalue weighted by Gasteiger charge is 2.27. The van der Waals surface area contributed by atoms with Crippen molar-refractivity contribution in [2.75, 3.05) is 18.4 Å².